The number of carboxylic acids is 1. The molecule has 4 rings (SSSR count). The number of rotatable bonds is 10. The molecule has 186 valence electrons. The fraction of sp³-hybridized carbons (Fsp3) is 0.448. The molecule has 6 nitrogen and oxygen atoms in total. The summed E-state index contributed by atoms with van der Waals surface area (Å²) in [6, 6.07) is 15.6. The van der Waals surface area contributed by atoms with E-state index < -0.39 is 11.6 Å². The number of carboxylic acid groups (broad SMARTS) is 1. The van der Waals surface area contributed by atoms with Crippen molar-refractivity contribution in [1.82, 2.24) is 4.98 Å². The van der Waals surface area contributed by atoms with E-state index in [1.807, 2.05) is 55.5 Å². The molecule has 1 aliphatic rings. The van der Waals surface area contributed by atoms with Crippen LogP contribution in [0.25, 0.3) is 11.5 Å². The Kier molecular flexibility index (Phi) is 7.79. The number of oxazole rings is 1. The molecule has 1 saturated carbocycles. The van der Waals surface area contributed by atoms with Crippen molar-refractivity contribution in [1.29, 1.82) is 0 Å². The fourth-order valence-corrected chi connectivity index (χ4v) is 4.56. The van der Waals surface area contributed by atoms with E-state index in [2.05, 4.69) is 4.98 Å². The highest BCUT2D eigenvalue weighted by molar-refractivity contribution is 5.76. The van der Waals surface area contributed by atoms with Crippen LogP contribution in [0.5, 0.6) is 11.5 Å². The van der Waals surface area contributed by atoms with Crippen molar-refractivity contribution in [3.63, 3.8) is 0 Å². The molecule has 2 aromatic carbocycles. The smallest absolute Gasteiger partial charge is 0.347 e. The van der Waals surface area contributed by atoms with Crippen molar-refractivity contribution in [3.8, 4) is 23.0 Å². The van der Waals surface area contributed by atoms with Crippen LogP contribution in [0.2, 0.25) is 0 Å². The second-order valence-electron chi connectivity index (χ2n) is 9.88. The van der Waals surface area contributed by atoms with Gasteiger partial charge in [-0.15, -0.1) is 0 Å². The zero-order valence-electron chi connectivity index (χ0n) is 20.9. The molecule has 3 aromatic rings. The monoisotopic (exact) mass is 477 g/mol. The van der Waals surface area contributed by atoms with Crippen LogP contribution in [-0.2, 0) is 17.6 Å². The van der Waals surface area contributed by atoms with Crippen molar-refractivity contribution >= 4 is 5.97 Å². The molecule has 1 aliphatic carbocycles. The molecule has 1 N–H and O–H groups in total. The van der Waals surface area contributed by atoms with Crippen LogP contribution >= 0.6 is 0 Å². The Hall–Kier alpha value is -3.28. The number of aliphatic carboxylic acids is 1. The summed E-state index contributed by atoms with van der Waals surface area (Å²) >= 11 is 0. The van der Waals surface area contributed by atoms with Crippen LogP contribution in [0.4, 0.5) is 0 Å². The second-order valence-corrected chi connectivity index (χ2v) is 9.88. The number of benzene rings is 2. The quantitative estimate of drug-likeness (QED) is 0.353. The highest BCUT2D eigenvalue weighted by Gasteiger charge is 2.30. The number of aryl methyl sites for hydroxylation is 1. The maximum atomic E-state index is 11.6. The van der Waals surface area contributed by atoms with Gasteiger partial charge < -0.3 is 19.0 Å². The molecule has 1 heterocycles. The number of hydrogen-bond acceptors (Lipinski definition) is 5. The Morgan fingerprint density at radius 1 is 1.11 bits per heavy atom. The molecule has 0 atom stereocenters. The summed E-state index contributed by atoms with van der Waals surface area (Å²) in [4.78, 5) is 16.3. The molecule has 0 radical (unpaired) electrons. The van der Waals surface area contributed by atoms with Crippen molar-refractivity contribution in [2.45, 2.75) is 71.3 Å². The average Bonchev–Trinajstić information content (AvgIpc) is 3.22. The van der Waals surface area contributed by atoms with E-state index in [-0.39, 0.29) is 0 Å². The standard InChI is InChI=1S/C29H35NO5/c1-20-25(30-27(34-20)22-12-8-5-9-13-22)16-17-33-24-14-15-26(35-29(2,3)28(31)32)23(19-24)18-21-10-6-4-7-11-21/h5,8-9,12-15,19,21H,4,6-7,10-11,16-18H2,1-3H3,(H,31,32). The van der Waals surface area contributed by atoms with Crippen LogP contribution in [0.15, 0.2) is 52.9 Å². The van der Waals surface area contributed by atoms with E-state index >= 15 is 0 Å². The molecule has 0 aliphatic heterocycles. The van der Waals surface area contributed by atoms with Gasteiger partial charge in [-0.05, 0) is 69.0 Å². The van der Waals surface area contributed by atoms with Gasteiger partial charge in [-0.25, -0.2) is 9.78 Å². The second kappa shape index (κ2) is 11.0. The van der Waals surface area contributed by atoms with Gasteiger partial charge in [0.25, 0.3) is 0 Å². The Balaban J connectivity index is 1.45. The number of nitrogens with zero attached hydrogens (tertiary/aromatic N) is 1. The topological polar surface area (TPSA) is 81.8 Å². The Labute approximate surface area is 207 Å². The lowest BCUT2D eigenvalue weighted by molar-refractivity contribution is -0.152. The zero-order valence-corrected chi connectivity index (χ0v) is 20.9. The van der Waals surface area contributed by atoms with Gasteiger partial charge >= 0.3 is 5.97 Å². The van der Waals surface area contributed by atoms with Crippen molar-refractivity contribution < 1.29 is 23.8 Å². The molecule has 0 saturated heterocycles. The number of hydrogen-bond donors (Lipinski definition) is 1. The van der Waals surface area contributed by atoms with E-state index in [9.17, 15) is 9.90 Å². The lowest BCUT2D eigenvalue weighted by Crippen LogP contribution is -2.38. The highest BCUT2D eigenvalue weighted by atomic mass is 16.5. The normalized spacial score (nSPS) is 14.6. The number of ether oxygens (including phenoxy) is 2. The van der Waals surface area contributed by atoms with E-state index in [4.69, 9.17) is 13.9 Å². The van der Waals surface area contributed by atoms with E-state index in [0.29, 0.717) is 30.6 Å². The molecule has 6 heteroatoms. The molecule has 1 fully saturated rings. The lowest BCUT2D eigenvalue weighted by Gasteiger charge is -2.26. The van der Waals surface area contributed by atoms with Gasteiger partial charge in [-0.1, -0.05) is 50.3 Å². The van der Waals surface area contributed by atoms with E-state index in [0.717, 1.165) is 34.8 Å². The van der Waals surface area contributed by atoms with Gasteiger partial charge in [0.05, 0.1) is 12.3 Å². The minimum Gasteiger partial charge on any atom is -0.493 e. The third-order valence-corrected chi connectivity index (χ3v) is 6.67. The summed E-state index contributed by atoms with van der Waals surface area (Å²) in [5.74, 6) is 2.39. The van der Waals surface area contributed by atoms with Crippen molar-refractivity contribution in [3.05, 3.63) is 65.5 Å². The molecule has 0 bridgehead atoms. The summed E-state index contributed by atoms with van der Waals surface area (Å²) in [5, 5.41) is 9.53. The van der Waals surface area contributed by atoms with Crippen molar-refractivity contribution in [2.24, 2.45) is 5.92 Å². The predicted octanol–water partition coefficient (Wildman–Crippen LogP) is 6.64. The lowest BCUT2D eigenvalue weighted by atomic mass is 9.84. The molecular formula is C29H35NO5. The molecule has 0 spiro atoms. The van der Waals surface area contributed by atoms with Crippen LogP contribution in [0, 0.1) is 12.8 Å². The molecule has 1 aromatic heterocycles. The van der Waals surface area contributed by atoms with Crippen LogP contribution in [0.1, 0.15) is 63.0 Å². The van der Waals surface area contributed by atoms with Gasteiger partial charge in [0.1, 0.15) is 17.3 Å². The van der Waals surface area contributed by atoms with Crippen molar-refractivity contribution in [2.75, 3.05) is 6.61 Å². The first-order valence-electron chi connectivity index (χ1n) is 12.5. The van der Waals surface area contributed by atoms with Gasteiger partial charge in [0, 0.05) is 12.0 Å². The van der Waals surface area contributed by atoms with Gasteiger partial charge in [0.15, 0.2) is 5.60 Å². The third kappa shape index (κ3) is 6.44. The summed E-state index contributed by atoms with van der Waals surface area (Å²) in [5.41, 5.74) is 1.54. The Morgan fingerprint density at radius 2 is 1.86 bits per heavy atom. The first-order valence-corrected chi connectivity index (χ1v) is 12.5. The molecular weight excluding hydrogens is 442 g/mol. The minimum absolute atomic E-state index is 0.464. The molecule has 0 unspecified atom stereocenters. The minimum atomic E-state index is -1.30. The Morgan fingerprint density at radius 3 is 2.57 bits per heavy atom. The maximum Gasteiger partial charge on any atom is 0.347 e. The van der Waals surface area contributed by atoms with Crippen LogP contribution < -0.4 is 9.47 Å². The predicted molar refractivity (Wildman–Crippen MR) is 135 cm³/mol. The summed E-state index contributed by atoms with van der Waals surface area (Å²) in [6.45, 7) is 5.54. The molecule has 0 amide bonds. The van der Waals surface area contributed by atoms with Gasteiger partial charge in [0.2, 0.25) is 5.89 Å². The maximum absolute atomic E-state index is 11.6. The summed E-state index contributed by atoms with van der Waals surface area (Å²) in [6.07, 6.45) is 7.68. The Bertz CT molecular complexity index is 1130. The zero-order chi connectivity index (χ0) is 24.8. The summed E-state index contributed by atoms with van der Waals surface area (Å²) < 4.78 is 17.9. The summed E-state index contributed by atoms with van der Waals surface area (Å²) in [7, 11) is 0. The van der Waals surface area contributed by atoms with Crippen LogP contribution in [0.3, 0.4) is 0 Å². The number of aromatic nitrogens is 1. The number of carbonyl (C=O) groups is 1. The highest BCUT2D eigenvalue weighted by Crippen LogP contribution is 2.34. The van der Waals surface area contributed by atoms with Gasteiger partial charge in [-0.3, -0.25) is 0 Å². The average molecular weight is 478 g/mol. The SMILES string of the molecule is Cc1oc(-c2ccccc2)nc1CCOc1ccc(OC(C)(C)C(=O)O)c(CC2CCCCC2)c1. The largest absolute Gasteiger partial charge is 0.493 e. The van der Waals surface area contributed by atoms with E-state index in [1.54, 1.807) is 13.8 Å². The third-order valence-electron chi connectivity index (χ3n) is 6.67. The fourth-order valence-electron chi connectivity index (χ4n) is 4.56. The van der Waals surface area contributed by atoms with E-state index in [1.165, 1.54) is 32.1 Å². The molecule has 35 heavy (non-hydrogen) atoms. The van der Waals surface area contributed by atoms with Crippen LogP contribution in [-0.4, -0.2) is 28.3 Å². The first kappa shape index (κ1) is 24.8. The van der Waals surface area contributed by atoms with Gasteiger partial charge in [-0.2, -0.15) is 0 Å². The first-order chi connectivity index (χ1) is 16.8.